The number of halogens is 1. The summed E-state index contributed by atoms with van der Waals surface area (Å²) in [4.78, 5) is 11.4. The van der Waals surface area contributed by atoms with Crippen molar-refractivity contribution >= 4 is 28.2 Å². The monoisotopic (exact) mass is 256 g/mol. The lowest BCUT2D eigenvalue weighted by Crippen LogP contribution is -2.53. The number of amides is 1. The van der Waals surface area contributed by atoms with Crippen molar-refractivity contribution in [2.75, 3.05) is 25.1 Å². The number of hydrogen-bond acceptors (Lipinski definition) is 4. The third-order valence-corrected chi connectivity index (χ3v) is 3.20. The molecule has 7 heteroatoms. The first kappa shape index (κ1) is 14.7. The molecule has 1 saturated heterocycles. The van der Waals surface area contributed by atoms with Crippen LogP contribution in [0.2, 0.25) is 0 Å². The standard InChI is InChI=1S/C8H16N2O3S.ClH/c1-6(5-14(2,12)13)10-8(11)7-3-9-4-7;/h6-7,9H,3-5H2,1-2H3,(H,10,11);1H. The van der Waals surface area contributed by atoms with Crippen LogP contribution in [0.4, 0.5) is 0 Å². The summed E-state index contributed by atoms with van der Waals surface area (Å²) in [7, 11) is -3.01. The molecule has 15 heavy (non-hydrogen) atoms. The number of carbonyl (C=O) groups is 1. The van der Waals surface area contributed by atoms with Crippen LogP contribution < -0.4 is 10.6 Å². The summed E-state index contributed by atoms with van der Waals surface area (Å²) in [6.07, 6.45) is 1.17. The van der Waals surface area contributed by atoms with Gasteiger partial charge in [-0.25, -0.2) is 8.42 Å². The number of sulfone groups is 1. The molecule has 1 fully saturated rings. The molecule has 90 valence electrons. The molecule has 1 atom stereocenters. The second kappa shape index (κ2) is 5.67. The molecule has 0 aromatic rings. The van der Waals surface area contributed by atoms with E-state index < -0.39 is 9.84 Å². The fraction of sp³-hybridized carbons (Fsp3) is 0.875. The van der Waals surface area contributed by atoms with Crippen molar-refractivity contribution in [2.45, 2.75) is 13.0 Å². The van der Waals surface area contributed by atoms with E-state index in [9.17, 15) is 13.2 Å². The van der Waals surface area contributed by atoms with Gasteiger partial charge < -0.3 is 10.6 Å². The van der Waals surface area contributed by atoms with Crippen molar-refractivity contribution in [3.05, 3.63) is 0 Å². The Bertz CT molecular complexity index is 314. The molecule has 5 nitrogen and oxygen atoms in total. The van der Waals surface area contributed by atoms with Gasteiger partial charge in [-0.1, -0.05) is 0 Å². The second-order valence-electron chi connectivity index (χ2n) is 3.86. The molecular formula is C8H17ClN2O3S. The molecule has 1 rings (SSSR count). The maximum atomic E-state index is 11.4. The van der Waals surface area contributed by atoms with Gasteiger partial charge in [-0.05, 0) is 6.92 Å². The molecule has 0 aliphatic carbocycles. The second-order valence-corrected chi connectivity index (χ2v) is 6.04. The van der Waals surface area contributed by atoms with Gasteiger partial charge in [-0.2, -0.15) is 0 Å². The van der Waals surface area contributed by atoms with Crippen molar-refractivity contribution in [1.29, 1.82) is 0 Å². The predicted molar refractivity (Wildman–Crippen MR) is 60.9 cm³/mol. The molecule has 1 aliphatic heterocycles. The Morgan fingerprint density at radius 3 is 2.40 bits per heavy atom. The summed E-state index contributed by atoms with van der Waals surface area (Å²) in [5.41, 5.74) is 0. The smallest absolute Gasteiger partial charge is 0.225 e. The lowest BCUT2D eigenvalue weighted by molar-refractivity contribution is -0.126. The van der Waals surface area contributed by atoms with Gasteiger partial charge in [0.15, 0.2) is 0 Å². The van der Waals surface area contributed by atoms with E-state index in [1.807, 2.05) is 0 Å². The van der Waals surface area contributed by atoms with Crippen LogP contribution >= 0.6 is 12.4 Å². The zero-order valence-electron chi connectivity index (χ0n) is 8.82. The van der Waals surface area contributed by atoms with Crippen LogP contribution in [0.3, 0.4) is 0 Å². The van der Waals surface area contributed by atoms with Crippen LogP contribution in [-0.2, 0) is 14.6 Å². The Kier molecular flexibility index (Phi) is 5.55. The highest BCUT2D eigenvalue weighted by Gasteiger charge is 2.26. The van der Waals surface area contributed by atoms with Crippen LogP contribution in [0.5, 0.6) is 0 Å². The minimum absolute atomic E-state index is 0. The minimum Gasteiger partial charge on any atom is -0.352 e. The average molecular weight is 257 g/mol. The Hall–Kier alpha value is -0.330. The predicted octanol–water partition coefficient (Wildman–Crippen LogP) is -0.823. The molecule has 1 amide bonds. The van der Waals surface area contributed by atoms with Gasteiger partial charge in [-0.15, -0.1) is 12.4 Å². The first-order valence-corrected chi connectivity index (χ1v) is 6.63. The molecule has 0 bridgehead atoms. The molecule has 0 aromatic carbocycles. The summed E-state index contributed by atoms with van der Waals surface area (Å²) in [6, 6.07) is -0.307. The zero-order valence-corrected chi connectivity index (χ0v) is 10.5. The Balaban J connectivity index is 0.00000196. The van der Waals surface area contributed by atoms with Crippen LogP contribution in [0.25, 0.3) is 0 Å². The van der Waals surface area contributed by atoms with E-state index in [-0.39, 0.29) is 36.0 Å². The van der Waals surface area contributed by atoms with Gasteiger partial charge in [0.1, 0.15) is 9.84 Å². The number of hydrogen-bond donors (Lipinski definition) is 2. The third-order valence-electron chi connectivity index (χ3n) is 2.09. The number of carbonyl (C=O) groups excluding carboxylic acids is 1. The molecule has 0 radical (unpaired) electrons. The quantitative estimate of drug-likeness (QED) is 0.689. The third kappa shape index (κ3) is 5.34. The van der Waals surface area contributed by atoms with Gasteiger partial charge in [0, 0.05) is 25.4 Å². The van der Waals surface area contributed by atoms with E-state index in [0.29, 0.717) is 13.1 Å². The SMILES string of the molecule is CC(CS(C)(=O)=O)NC(=O)C1CNC1.Cl. The largest absolute Gasteiger partial charge is 0.352 e. The van der Waals surface area contributed by atoms with Gasteiger partial charge >= 0.3 is 0 Å². The molecule has 1 heterocycles. The first-order chi connectivity index (χ1) is 6.38. The summed E-state index contributed by atoms with van der Waals surface area (Å²) in [6.45, 7) is 3.08. The van der Waals surface area contributed by atoms with Crippen LogP contribution in [0.15, 0.2) is 0 Å². The highest BCUT2D eigenvalue weighted by molar-refractivity contribution is 7.90. The van der Waals surface area contributed by atoms with E-state index in [0.717, 1.165) is 0 Å². The fourth-order valence-electron chi connectivity index (χ4n) is 1.33. The summed E-state index contributed by atoms with van der Waals surface area (Å²) in [5.74, 6) is -0.0456. The summed E-state index contributed by atoms with van der Waals surface area (Å²) < 4.78 is 21.8. The summed E-state index contributed by atoms with van der Waals surface area (Å²) in [5, 5.41) is 5.66. The van der Waals surface area contributed by atoms with Crippen molar-refractivity contribution in [2.24, 2.45) is 5.92 Å². The van der Waals surface area contributed by atoms with E-state index >= 15 is 0 Å². The fourth-order valence-corrected chi connectivity index (χ4v) is 2.32. The highest BCUT2D eigenvalue weighted by Crippen LogP contribution is 2.03. The van der Waals surface area contributed by atoms with Crippen LogP contribution in [0, 0.1) is 5.92 Å². The Labute approximate surface area is 96.3 Å². The van der Waals surface area contributed by atoms with Crippen LogP contribution in [-0.4, -0.2) is 45.5 Å². The van der Waals surface area contributed by atoms with E-state index in [1.165, 1.54) is 6.26 Å². The van der Waals surface area contributed by atoms with Gasteiger partial charge in [0.05, 0.1) is 11.7 Å². The van der Waals surface area contributed by atoms with Crippen LogP contribution in [0.1, 0.15) is 6.92 Å². The topological polar surface area (TPSA) is 75.3 Å². The van der Waals surface area contributed by atoms with E-state index in [2.05, 4.69) is 10.6 Å². The maximum absolute atomic E-state index is 11.4. The average Bonchev–Trinajstić information content (AvgIpc) is 1.75. The molecule has 0 aromatic heterocycles. The van der Waals surface area contributed by atoms with E-state index in [4.69, 9.17) is 0 Å². The Morgan fingerprint density at radius 1 is 1.53 bits per heavy atom. The molecule has 1 unspecified atom stereocenters. The van der Waals surface area contributed by atoms with Gasteiger partial charge in [0.2, 0.25) is 5.91 Å². The highest BCUT2D eigenvalue weighted by atomic mass is 35.5. The zero-order chi connectivity index (χ0) is 10.8. The molecular weight excluding hydrogens is 240 g/mol. The molecule has 0 saturated carbocycles. The van der Waals surface area contributed by atoms with Crippen molar-refractivity contribution in [1.82, 2.24) is 10.6 Å². The number of nitrogens with one attached hydrogen (secondary N) is 2. The van der Waals surface area contributed by atoms with Crippen molar-refractivity contribution in [3.63, 3.8) is 0 Å². The van der Waals surface area contributed by atoms with Crippen molar-refractivity contribution in [3.8, 4) is 0 Å². The maximum Gasteiger partial charge on any atom is 0.225 e. The lowest BCUT2D eigenvalue weighted by Gasteiger charge is -2.27. The molecule has 2 N–H and O–H groups in total. The minimum atomic E-state index is -3.01. The molecule has 0 spiro atoms. The van der Waals surface area contributed by atoms with E-state index in [1.54, 1.807) is 6.92 Å². The van der Waals surface area contributed by atoms with Crippen molar-refractivity contribution < 1.29 is 13.2 Å². The molecule has 1 aliphatic rings. The van der Waals surface area contributed by atoms with Gasteiger partial charge in [-0.3, -0.25) is 4.79 Å². The normalized spacial score (nSPS) is 18.5. The number of rotatable bonds is 4. The summed E-state index contributed by atoms with van der Waals surface area (Å²) >= 11 is 0. The van der Waals surface area contributed by atoms with Gasteiger partial charge in [0.25, 0.3) is 0 Å². The Morgan fingerprint density at radius 2 is 2.07 bits per heavy atom. The lowest BCUT2D eigenvalue weighted by atomic mass is 10.0. The first-order valence-electron chi connectivity index (χ1n) is 4.57.